The second kappa shape index (κ2) is 7.23. The Balaban J connectivity index is 1.72. The van der Waals surface area contributed by atoms with Crippen LogP contribution >= 0.6 is 0 Å². The van der Waals surface area contributed by atoms with Gasteiger partial charge in [0.15, 0.2) is 9.84 Å². The van der Waals surface area contributed by atoms with Crippen molar-refractivity contribution >= 4 is 15.7 Å². The van der Waals surface area contributed by atoms with Gasteiger partial charge in [-0.1, -0.05) is 18.2 Å². The highest BCUT2D eigenvalue weighted by Crippen LogP contribution is 2.21. The van der Waals surface area contributed by atoms with Gasteiger partial charge in [-0.3, -0.25) is 9.78 Å². The van der Waals surface area contributed by atoms with E-state index in [0.717, 1.165) is 16.9 Å². The minimum absolute atomic E-state index is 0.00702. The third kappa shape index (κ3) is 4.36. The van der Waals surface area contributed by atoms with Crippen LogP contribution in [0.3, 0.4) is 0 Å². The molecule has 132 valence electrons. The molecule has 7 heteroatoms. The number of pyridine rings is 1. The van der Waals surface area contributed by atoms with Crippen LogP contribution in [0.25, 0.3) is 0 Å². The second-order valence-corrected chi connectivity index (χ2v) is 8.37. The maximum Gasteiger partial charge on any atom is 0.253 e. The number of rotatable bonds is 5. The first-order chi connectivity index (χ1) is 12.0. The fourth-order valence-corrected chi connectivity index (χ4v) is 4.63. The highest BCUT2D eigenvalue weighted by atomic mass is 32.2. The zero-order valence-electron chi connectivity index (χ0n) is 13.9. The molecule has 0 spiro atoms. The highest BCUT2D eigenvalue weighted by Gasteiger charge is 2.29. The topological polar surface area (TPSA) is 85.4 Å². The van der Waals surface area contributed by atoms with Crippen LogP contribution in [0.5, 0.6) is 5.75 Å². The number of ether oxygens (including phenoxy) is 1. The number of carbonyl (C=O) groups is 1. The van der Waals surface area contributed by atoms with Crippen molar-refractivity contribution in [1.29, 1.82) is 0 Å². The van der Waals surface area contributed by atoms with Gasteiger partial charge in [-0.15, -0.1) is 0 Å². The third-order valence-corrected chi connectivity index (χ3v) is 5.98. The molecule has 25 heavy (non-hydrogen) atoms. The summed E-state index contributed by atoms with van der Waals surface area (Å²) in [6.07, 6.45) is 4.26. The van der Waals surface area contributed by atoms with Crippen molar-refractivity contribution in [2.75, 3.05) is 18.6 Å². The Morgan fingerprint density at radius 3 is 2.84 bits per heavy atom. The fraction of sp³-hybridized carbons (Fsp3) is 0.333. The van der Waals surface area contributed by atoms with Crippen LogP contribution in [0.4, 0.5) is 0 Å². The normalized spacial score (nSPS) is 18.7. The van der Waals surface area contributed by atoms with Gasteiger partial charge in [-0.2, -0.15) is 0 Å². The Labute approximate surface area is 147 Å². The molecule has 2 aromatic rings. The maximum absolute atomic E-state index is 12.4. The van der Waals surface area contributed by atoms with Gasteiger partial charge in [-0.05, 0) is 29.7 Å². The van der Waals surface area contributed by atoms with Gasteiger partial charge in [0.25, 0.3) is 5.91 Å². The first-order valence-corrected chi connectivity index (χ1v) is 9.86. The molecule has 0 bridgehead atoms. The summed E-state index contributed by atoms with van der Waals surface area (Å²) in [4.78, 5) is 16.5. The number of aromatic nitrogens is 1. The zero-order chi connectivity index (χ0) is 17.9. The Bertz CT molecular complexity index is 880. The summed E-state index contributed by atoms with van der Waals surface area (Å²) in [6.45, 7) is 0. The predicted octanol–water partition coefficient (Wildman–Crippen LogP) is 1.60. The minimum atomic E-state index is -3.02. The molecule has 1 aromatic heterocycles. The number of para-hydroxylation sites is 1. The predicted molar refractivity (Wildman–Crippen MR) is 94.6 cm³/mol. The second-order valence-electron chi connectivity index (χ2n) is 6.14. The number of nitrogens with one attached hydrogen (secondary N) is 1. The molecule has 6 nitrogen and oxygen atoms in total. The summed E-state index contributed by atoms with van der Waals surface area (Å²) >= 11 is 0. The van der Waals surface area contributed by atoms with E-state index in [1.54, 1.807) is 19.4 Å². The molecule has 0 radical (unpaired) electrons. The van der Waals surface area contributed by atoms with Crippen molar-refractivity contribution < 1.29 is 17.9 Å². The average Bonchev–Trinajstić information content (AvgIpc) is 2.94. The van der Waals surface area contributed by atoms with Gasteiger partial charge < -0.3 is 10.1 Å². The number of hydrogen-bond acceptors (Lipinski definition) is 5. The standard InChI is InChI=1S/C18H20N2O4S/c1-24-17-5-3-2-4-14(17)8-13-9-15(11-19-10-13)18(21)20-16-6-7-25(22,23)12-16/h2-5,9-11,16H,6-8,12H2,1H3,(H,20,21). The highest BCUT2D eigenvalue weighted by molar-refractivity contribution is 7.91. The van der Waals surface area contributed by atoms with E-state index in [4.69, 9.17) is 4.74 Å². The van der Waals surface area contributed by atoms with E-state index in [1.165, 1.54) is 6.20 Å². The van der Waals surface area contributed by atoms with Crippen molar-refractivity contribution in [3.05, 3.63) is 59.4 Å². The Hall–Kier alpha value is -2.41. The summed E-state index contributed by atoms with van der Waals surface area (Å²) in [5, 5.41) is 2.78. The van der Waals surface area contributed by atoms with Gasteiger partial charge in [0.05, 0.1) is 24.2 Å². The molecule has 0 aliphatic carbocycles. The average molecular weight is 360 g/mol. The van der Waals surface area contributed by atoms with Crippen LogP contribution in [-0.4, -0.2) is 44.0 Å². The fourth-order valence-electron chi connectivity index (χ4n) is 2.95. The molecule has 1 amide bonds. The number of methoxy groups -OCH3 is 1. The lowest BCUT2D eigenvalue weighted by molar-refractivity contribution is 0.0940. The maximum atomic E-state index is 12.4. The van der Waals surface area contributed by atoms with Crippen molar-refractivity contribution in [2.24, 2.45) is 0 Å². The van der Waals surface area contributed by atoms with E-state index in [-0.39, 0.29) is 23.5 Å². The quantitative estimate of drug-likeness (QED) is 0.875. The smallest absolute Gasteiger partial charge is 0.253 e. The van der Waals surface area contributed by atoms with Crippen molar-refractivity contribution in [1.82, 2.24) is 10.3 Å². The van der Waals surface area contributed by atoms with Crippen LogP contribution in [0, 0.1) is 0 Å². The van der Waals surface area contributed by atoms with Crippen LogP contribution in [0.1, 0.15) is 27.9 Å². The summed E-state index contributed by atoms with van der Waals surface area (Å²) in [7, 11) is -1.40. The molecule has 1 aliphatic rings. The van der Waals surface area contributed by atoms with Crippen LogP contribution in [-0.2, 0) is 16.3 Å². The van der Waals surface area contributed by atoms with Crippen LogP contribution < -0.4 is 10.1 Å². The van der Waals surface area contributed by atoms with Gasteiger partial charge in [-0.25, -0.2) is 8.42 Å². The Kier molecular flexibility index (Phi) is 5.03. The molecule has 1 fully saturated rings. The zero-order valence-corrected chi connectivity index (χ0v) is 14.8. The largest absolute Gasteiger partial charge is 0.496 e. The number of amides is 1. The van der Waals surface area contributed by atoms with Gasteiger partial charge in [0.1, 0.15) is 5.75 Å². The van der Waals surface area contributed by atoms with E-state index < -0.39 is 9.84 Å². The summed E-state index contributed by atoms with van der Waals surface area (Å²) in [5.74, 6) is 0.627. The van der Waals surface area contributed by atoms with Gasteiger partial charge in [0, 0.05) is 24.9 Å². The molecule has 1 saturated heterocycles. The molecule has 1 N–H and O–H groups in total. The van der Waals surface area contributed by atoms with Crippen LogP contribution in [0.15, 0.2) is 42.7 Å². The summed E-state index contributed by atoms with van der Waals surface area (Å²) in [6, 6.07) is 9.14. The monoisotopic (exact) mass is 360 g/mol. The van der Waals surface area contributed by atoms with Crippen molar-refractivity contribution in [3.8, 4) is 5.75 Å². The number of nitrogens with zero attached hydrogens (tertiary/aromatic N) is 1. The lowest BCUT2D eigenvalue weighted by Crippen LogP contribution is -2.35. The van der Waals surface area contributed by atoms with Gasteiger partial charge in [0.2, 0.25) is 0 Å². The molecule has 1 unspecified atom stereocenters. The minimum Gasteiger partial charge on any atom is -0.496 e. The molecular weight excluding hydrogens is 340 g/mol. The number of sulfone groups is 1. The first-order valence-electron chi connectivity index (χ1n) is 8.04. The Morgan fingerprint density at radius 2 is 2.12 bits per heavy atom. The molecule has 0 saturated carbocycles. The molecule has 3 rings (SSSR count). The lowest BCUT2D eigenvalue weighted by Gasteiger charge is -2.12. The Morgan fingerprint density at radius 1 is 1.32 bits per heavy atom. The summed E-state index contributed by atoms with van der Waals surface area (Å²) < 4.78 is 28.3. The number of benzene rings is 1. The van der Waals surface area contributed by atoms with Crippen molar-refractivity contribution in [2.45, 2.75) is 18.9 Å². The number of hydrogen-bond donors (Lipinski definition) is 1. The molecular formula is C18H20N2O4S. The van der Waals surface area contributed by atoms with E-state index >= 15 is 0 Å². The first kappa shape index (κ1) is 17.4. The van der Waals surface area contributed by atoms with E-state index in [9.17, 15) is 13.2 Å². The van der Waals surface area contributed by atoms with Gasteiger partial charge >= 0.3 is 0 Å². The summed E-state index contributed by atoms with van der Waals surface area (Å²) in [5.41, 5.74) is 2.32. The van der Waals surface area contributed by atoms with Crippen molar-refractivity contribution in [3.63, 3.8) is 0 Å². The SMILES string of the molecule is COc1ccccc1Cc1cncc(C(=O)NC2CCS(=O)(=O)C2)c1. The molecule has 1 aliphatic heterocycles. The van der Waals surface area contributed by atoms with E-state index in [0.29, 0.717) is 18.4 Å². The molecule has 2 heterocycles. The third-order valence-electron chi connectivity index (χ3n) is 4.21. The van der Waals surface area contributed by atoms with E-state index in [1.807, 2.05) is 24.3 Å². The lowest BCUT2D eigenvalue weighted by atomic mass is 10.0. The van der Waals surface area contributed by atoms with E-state index in [2.05, 4.69) is 10.3 Å². The molecule has 1 aromatic carbocycles. The number of carbonyl (C=O) groups excluding carboxylic acids is 1. The van der Waals surface area contributed by atoms with Crippen LogP contribution in [0.2, 0.25) is 0 Å². The molecule has 1 atom stereocenters.